The number of sulfonamides is 1. The molecule has 0 unspecified atom stereocenters. The summed E-state index contributed by atoms with van der Waals surface area (Å²) < 4.78 is 41.4. The molecule has 148 valence electrons. The van der Waals surface area contributed by atoms with E-state index in [2.05, 4.69) is 0 Å². The van der Waals surface area contributed by atoms with Crippen LogP contribution in [0.3, 0.4) is 0 Å². The number of hydrogen-bond acceptors (Lipinski definition) is 3. The van der Waals surface area contributed by atoms with Crippen molar-refractivity contribution in [3.05, 3.63) is 59.4 Å². The standard InChI is InChI=1S/C21H23FN2O3S/c1-15(25)24-11-10-18-12-20(8-9-21(18)24)28(26,27)23(13-16-2-3-16)14-17-4-6-19(22)7-5-17/h4-9,12,16H,2-3,10-11,13-14H2,1H3. The molecule has 7 heteroatoms. The predicted octanol–water partition coefficient (Wildman–Crippen LogP) is 3.34. The van der Waals surface area contributed by atoms with Gasteiger partial charge >= 0.3 is 0 Å². The maximum absolute atomic E-state index is 13.4. The van der Waals surface area contributed by atoms with Crippen molar-refractivity contribution in [3.63, 3.8) is 0 Å². The number of benzene rings is 2. The van der Waals surface area contributed by atoms with Gasteiger partial charge in [0.05, 0.1) is 4.90 Å². The van der Waals surface area contributed by atoms with Crippen LogP contribution in [0.15, 0.2) is 47.4 Å². The number of nitrogens with zero attached hydrogens (tertiary/aromatic N) is 2. The maximum Gasteiger partial charge on any atom is 0.243 e. The van der Waals surface area contributed by atoms with E-state index in [1.165, 1.54) is 23.4 Å². The van der Waals surface area contributed by atoms with Crippen molar-refractivity contribution in [2.75, 3.05) is 18.0 Å². The van der Waals surface area contributed by atoms with Crippen molar-refractivity contribution in [1.82, 2.24) is 4.31 Å². The molecule has 1 heterocycles. The van der Waals surface area contributed by atoms with Crippen molar-refractivity contribution in [3.8, 4) is 0 Å². The lowest BCUT2D eigenvalue weighted by atomic mass is 10.2. The molecular weight excluding hydrogens is 379 g/mol. The van der Waals surface area contributed by atoms with Crippen LogP contribution in [0.5, 0.6) is 0 Å². The van der Waals surface area contributed by atoms with Gasteiger partial charge in [-0.15, -0.1) is 0 Å². The highest BCUT2D eigenvalue weighted by Crippen LogP contribution is 2.34. The van der Waals surface area contributed by atoms with E-state index in [0.717, 1.165) is 29.7 Å². The van der Waals surface area contributed by atoms with Gasteiger partial charge in [-0.25, -0.2) is 12.8 Å². The van der Waals surface area contributed by atoms with E-state index in [4.69, 9.17) is 0 Å². The summed E-state index contributed by atoms with van der Waals surface area (Å²) >= 11 is 0. The maximum atomic E-state index is 13.4. The Morgan fingerprint density at radius 2 is 1.89 bits per heavy atom. The number of rotatable bonds is 6. The first-order chi connectivity index (χ1) is 13.3. The molecule has 2 aromatic rings. The van der Waals surface area contributed by atoms with Gasteiger partial charge in [0.15, 0.2) is 0 Å². The SMILES string of the molecule is CC(=O)N1CCc2cc(S(=O)(=O)N(Cc3ccc(F)cc3)CC3CC3)ccc21. The summed E-state index contributed by atoms with van der Waals surface area (Å²) in [7, 11) is -3.69. The van der Waals surface area contributed by atoms with Gasteiger partial charge in [0.2, 0.25) is 15.9 Å². The number of carbonyl (C=O) groups is 1. The summed E-state index contributed by atoms with van der Waals surface area (Å²) in [6, 6.07) is 10.9. The molecule has 0 saturated heterocycles. The number of fused-ring (bicyclic) bond motifs is 1. The lowest BCUT2D eigenvalue weighted by molar-refractivity contribution is -0.116. The van der Waals surface area contributed by atoms with E-state index in [1.54, 1.807) is 35.2 Å². The summed E-state index contributed by atoms with van der Waals surface area (Å²) in [4.78, 5) is 13.6. The van der Waals surface area contributed by atoms with E-state index in [-0.39, 0.29) is 23.2 Å². The molecule has 0 radical (unpaired) electrons. The number of carbonyl (C=O) groups excluding carboxylic acids is 1. The Labute approximate surface area is 164 Å². The molecule has 28 heavy (non-hydrogen) atoms. The summed E-state index contributed by atoms with van der Waals surface area (Å²) in [6.07, 6.45) is 2.72. The largest absolute Gasteiger partial charge is 0.312 e. The van der Waals surface area contributed by atoms with Gasteiger partial charge in [-0.2, -0.15) is 4.31 Å². The first-order valence-corrected chi connectivity index (χ1v) is 10.9. The zero-order valence-corrected chi connectivity index (χ0v) is 16.6. The predicted molar refractivity (Wildman–Crippen MR) is 105 cm³/mol. The van der Waals surface area contributed by atoms with Crippen molar-refractivity contribution in [2.24, 2.45) is 5.92 Å². The fraction of sp³-hybridized carbons (Fsp3) is 0.381. The Morgan fingerprint density at radius 1 is 1.18 bits per heavy atom. The smallest absolute Gasteiger partial charge is 0.243 e. The summed E-state index contributed by atoms with van der Waals surface area (Å²) in [5.74, 6) is 0.00730. The third-order valence-corrected chi connectivity index (χ3v) is 7.20. The normalized spacial score (nSPS) is 16.5. The molecule has 1 saturated carbocycles. The Bertz CT molecular complexity index is 1000. The van der Waals surface area contributed by atoms with Crippen LogP contribution in [0.2, 0.25) is 0 Å². The second-order valence-electron chi connectivity index (χ2n) is 7.58. The molecule has 1 aliphatic heterocycles. The van der Waals surface area contributed by atoms with E-state index >= 15 is 0 Å². The molecule has 0 spiro atoms. The lowest BCUT2D eigenvalue weighted by Gasteiger charge is -2.23. The molecule has 0 aromatic heterocycles. The third kappa shape index (κ3) is 3.82. The summed E-state index contributed by atoms with van der Waals surface area (Å²) in [5.41, 5.74) is 2.43. The van der Waals surface area contributed by atoms with Crippen LogP contribution in [0.25, 0.3) is 0 Å². The number of hydrogen-bond donors (Lipinski definition) is 0. The summed E-state index contributed by atoms with van der Waals surface area (Å²) in [6.45, 7) is 2.78. The lowest BCUT2D eigenvalue weighted by Crippen LogP contribution is -2.32. The molecule has 2 aromatic carbocycles. The third-order valence-electron chi connectivity index (χ3n) is 5.40. The van der Waals surface area contributed by atoms with Crippen LogP contribution in [-0.4, -0.2) is 31.7 Å². The highest BCUT2D eigenvalue weighted by Gasteiger charge is 2.33. The Kier molecular flexibility index (Phi) is 4.97. The molecule has 4 rings (SSSR count). The van der Waals surface area contributed by atoms with Gasteiger partial charge in [-0.05, 0) is 66.6 Å². The Hall–Kier alpha value is -2.25. The van der Waals surface area contributed by atoms with Crippen LogP contribution < -0.4 is 4.90 Å². The zero-order chi connectivity index (χ0) is 19.9. The quantitative estimate of drug-likeness (QED) is 0.745. The monoisotopic (exact) mass is 402 g/mol. The highest BCUT2D eigenvalue weighted by molar-refractivity contribution is 7.89. The van der Waals surface area contributed by atoms with Crippen molar-refractivity contribution < 1.29 is 17.6 Å². The highest BCUT2D eigenvalue weighted by atomic mass is 32.2. The van der Waals surface area contributed by atoms with Crippen molar-refractivity contribution in [1.29, 1.82) is 0 Å². The van der Waals surface area contributed by atoms with Crippen LogP contribution in [-0.2, 0) is 27.8 Å². The average molecular weight is 402 g/mol. The molecule has 2 aliphatic rings. The fourth-order valence-corrected chi connectivity index (χ4v) is 5.20. The molecule has 1 fully saturated rings. The Balaban J connectivity index is 1.63. The number of amides is 1. The minimum absolute atomic E-state index is 0.0407. The van der Waals surface area contributed by atoms with Crippen molar-refractivity contribution in [2.45, 2.75) is 37.6 Å². The van der Waals surface area contributed by atoms with Gasteiger partial charge < -0.3 is 4.90 Å². The van der Waals surface area contributed by atoms with Crippen LogP contribution in [0.1, 0.15) is 30.9 Å². The van der Waals surface area contributed by atoms with Gasteiger partial charge in [0.25, 0.3) is 0 Å². The van der Waals surface area contributed by atoms with Gasteiger partial charge in [-0.1, -0.05) is 12.1 Å². The van der Waals surface area contributed by atoms with Crippen LogP contribution >= 0.6 is 0 Å². The van der Waals surface area contributed by atoms with E-state index < -0.39 is 10.0 Å². The zero-order valence-electron chi connectivity index (χ0n) is 15.8. The average Bonchev–Trinajstić information content (AvgIpc) is 3.37. The number of halogens is 1. The first kappa shape index (κ1) is 19.1. The molecule has 0 bridgehead atoms. The van der Waals surface area contributed by atoms with E-state index in [9.17, 15) is 17.6 Å². The molecule has 1 amide bonds. The van der Waals surface area contributed by atoms with Gasteiger partial charge in [-0.3, -0.25) is 4.79 Å². The molecule has 0 N–H and O–H groups in total. The fourth-order valence-electron chi connectivity index (χ4n) is 3.64. The topological polar surface area (TPSA) is 57.7 Å². The van der Waals surface area contributed by atoms with Crippen LogP contribution in [0.4, 0.5) is 10.1 Å². The van der Waals surface area contributed by atoms with Gasteiger partial charge in [0, 0.05) is 32.2 Å². The van der Waals surface area contributed by atoms with Crippen LogP contribution in [0, 0.1) is 11.7 Å². The first-order valence-electron chi connectivity index (χ1n) is 9.50. The summed E-state index contributed by atoms with van der Waals surface area (Å²) in [5, 5.41) is 0. The second-order valence-corrected chi connectivity index (χ2v) is 9.52. The van der Waals surface area contributed by atoms with E-state index in [1.807, 2.05) is 0 Å². The molecule has 1 aliphatic carbocycles. The molecular formula is C21H23FN2O3S. The van der Waals surface area contributed by atoms with Gasteiger partial charge in [0.1, 0.15) is 5.82 Å². The second kappa shape index (κ2) is 7.29. The minimum atomic E-state index is -3.69. The molecule has 0 atom stereocenters. The molecule has 5 nitrogen and oxygen atoms in total. The van der Waals surface area contributed by atoms with E-state index in [0.29, 0.717) is 25.4 Å². The van der Waals surface area contributed by atoms with Crippen molar-refractivity contribution >= 4 is 21.6 Å². The number of anilines is 1. The minimum Gasteiger partial charge on any atom is -0.312 e. The Morgan fingerprint density at radius 3 is 2.54 bits per heavy atom.